The van der Waals surface area contributed by atoms with Crippen molar-refractivity contribution in [1.82, 2.24) is 4.90 Å². The highest BCUT2D eigenvalue weighted by atomic mass is 19.1. The fourth-order valence-electron chi connectivity index (χ4n) is 1.56. The highest BCUT2D eigenvalue weighted by molar-refractivity contribution is 5.19. The lowest BCUT2D eigenvalue weighted by Gasteiger charge is -2.20. The Hall–Kier alpha value is -0.530. The SMILES string of the molecule is C=C(C1CC1(F)CC)N(C)CC. The fourth-order valence-corrected chi connectivity index (χ4v) is 1.56. The maximum atomic E-state index is 13.6. The molecule has 0 radical (unpaired) electrons. The van der Waals surface area contributed by atoms with Gasteiger partial charge < -0.3 is 4.90 Å². The summed E-state index contributed by atoms with van der Waals surface area (Å²) in [5, 5.41) is 0. The van der Waals surface area contributed by atoms with Crippen LogP contribution in [0.4, 0.5) is 4.39 Å². The quantitative estimate of drug-likeness (QED) is 0.628. The normalized spacial score (nSPS) is 33.2. The third kappa shape index (κ3) is 1.47. The number of hydrogen-bond donors (Lipinski definition) is 0. The number of halogens is 1. The zero-order valence-corrected chi connectivity index (χ0v) is 8.23. The number of allylic oxidation sites excluding steroid dienone is 1. The third-order valence-electron chi connectivity index (χ3n) is 2.96. The van der Waals surface area contributed by atoms with Crippen LogP contribution in [0.5, 0.6) is 0 Å². The number of rotatable bonds is 4. The molecule has 70 valence electrons. The number of hydrogen-bond acceptors (Lipinski definition) is 1. The van der Waals surface area contributed by atoms with Crippen molar-refractivity contribution in [3.63, 3.8) is 0 Å². The Balaban J connectivity index is 2.48. The van der Waals surface area contributed by atoms with Gasteiger partial charge in [-0.3, -0.25) is 0 Å². The lowest BCUT2D eigenvalue weighted by Crippen LogP contribution is -2.20. The summed E-state index contributed by atoms with van der Waals surface area (Å²) in [4.78, 5) is 2.03. The second-order valence-corrected chi connectivity index (χ2v) is 3.65. The summed E-state index contributed by atoms with van der Waals surface area (Å²) >= 11 is 0. The van der Waals surface area contributed by atoms with Crippen LogP contribution in [0.1, 0.15) is 26.7 Å². The Morgan fingerprint density at radius 1 is 1.67 bits per heavy atom. The molecule has 0 heterocycles. The second-order valence-electron chi connectivity index (χ2n) is 3.65. The van der Waals surface area contributed by atoms with Crippen molar-refractivity contribution >= 4 is 0 Å². The van der Waals surface area contributed by atoms with Crippen LogP contribution in [0.3, 0.4) is 0 Å². The van der Waals surface area contributed by atoms with E-state index in [0.29, 0.717) is 12.8 Å². The van der Waals surface area contributed by atoms with Gasteiger partial charge in [-0.25, -0.2) is 4.39 Å². The summed E-state index contributed by atoms with van der Waals surface area (Å²) in [7, 11) is 1.97. The van der Waals surface area contributed by atoms with Gasteiger partial charge in [0.1, 0.15) is 5.67 Å². The van der Waals surface area contributed by atoms with Gasteiger partial charge in [-0.1, -0.05) is 13.5 Å². The maximum absolute atomic E-state index is 13.6. The van der Waals surface area contributed by atoms with E-state index in [1.54, 1.807) is 0 Å². The molecule has 1 fully saturated rings. The molecule has 0 spiro atoms. The van der Waals surface area contributed by atoms with Crippen molar-refractivity contribution in [3.05, 3.63) is 12.3 Å². The highest BCUT2D eigenvalue weighted by Gasteiger charge is 2.55. The Kier molecular flexibility index (Phi) is 2.45. The van der Waals surface area contributed by atoms with Crippen LogP contribution >= 0.6 is 0 Å². The molecule has 0 aromatic heterocycles. The Bertz CT molecular complexity index is 190. The Morgan fingerprint density at radius 3 is 2.58 bits per heavy atom. The molecular weight excluding hydrogens is 153 g/mol. The third-order valence-corrected chi connectivity index (χ3v) is 2.96. The van der Waals surface area contributed by atoms with Gasteiger partial charge in [0, 0.05) is 25.2 Å². The van der Waals surface area contributed by atoms with Crippen LogP contribution in [-0.2, 0) is 0 Å². The Labute approximate surface area is 74.3 Å². The zero-order chi connectivity index (χ0) is 9.35. The van der Waals surface area contributed by atoms with Crippen LogP contribution in [-0.4, -0.2) is 24.2 Å². The minimum absolute atomic E-state index is 0.0902. The van der Waals surface area contributed by atoms with Gasteiger partial charge in [0.25, 0.3) is 0 Å². The topological polar surface area (TPSA) is 3.24 Å². The molecule has 1 aliphatic carbocycles. The Morgan fingerprint density at radius 2 is 2.25 bits per heavy atom. The van der Waals surface area contributed by atoms with Crippen molar-refractivity contribution in [1.29, 1.82) is 0 Å². The van der Waals surface area contributed by atoms with Gasteiger partial charge >= 0.3 is 0 Å². The maximum Gasteiger partial charge on any atom is 0.119 e. The molecule has 0 saturated heterocycles. The van der Waals surface area contributed by atoms with Gasteiger partial charge in [-0.15, -0.1) is 0 Å². The van der Waals surface area contributed by atoms with E-state index in [-0.39, 0.29) is 5.92 Å². The van der Waals surface area contributed by atoms with E-state index >= 15 is 0 Å². The monoisotopic (exact) mass is 171 g/mol. The lowest BCUT2D eigenvalue weighted by molar-refractivity contribution is 0.266. The van der Waals surface area contributed by atoms with E-state index in [2.05, 4.69) is 13.5 Å². The number of alkyl halides is 1. The highest BCUT2D eigenvalue weighted by Crippen LogP contribution is 2.53. The van der Waals surface area contributed by atoms with Crippen molar-refractivity contribution in [2.24, 2.45) is 5.92 Å². The summed E-state index contributed by atoms with van der Waals surface area (Å²) in [6.07, 6.45) is 1.29. The summed E-state index contributed by atoms with van der Waals surface area (Å²) in [5.41, 5.74) is 0.0300. The smallest absolute Gasteiger partial charge is 0.119 e. The first kappa shape index (κ1) is 9.56. The molecule has 2 unspecified atom stereocenters. The molecule has 0 aromatic rings. The molecule has 1 saturated carbocycles. The molecule has 0 aromatic carbocycles. The molecule has 0 amide bonds. The van der Waals surface area contributed by atoms with Crippen LogP contribution in [0.2, 0.25) is 0 Å². The molecule has 1 rings (SSSR count). The first-order valence-electron chi connectivity index (χ1n) is 4.64. The predicted octanol–water partition coefficient (Wildman–Crippen LogP) is 2.59. The van der Waals surface area contributed by atoms with E-state index < -0.39 is 5.67 Å². The van der Waals surface area contributed by atoms with Crippen molar-refractivity contribution in [3.8, 4) is 0 Å². The van der Waals surface area contributed by atoms with E-state index in [4.69, 9.17) is 0 Å². The van der Waals surface area contributed by atoms with Gasteiger partial charge in [0.05, 0.1) is 0 Å². The summed E-state index contributed by atoms with van der Waals surface area (Å²) in [5.74, 6) is 0.0902. The van der Waals surface area contributed by atoms with Crippen LogP contribution in [0.15, 0.2) is 12.3 Å². The molecule has 1 nitrogen and oxygen atoms in total. The van der Waals surface area contributed by atoms with E-state index in [9.17, 15) is 4.39 Å². The molecule has 2 atom stereocenters. The zero-order valence-electron chi connectivity index (χ0n) is 8.23. The van der Waals surface area contributed by atoms with Gasteiger partial charge in [-0.2, -0.15) is 0 Å². The molecular formula is C10H18FN. The molecule has 0 N–H and O–H groups in total. The number of nitrogens with zero attached hydrogens (tertiary/aromatic N) is 1. The van der Waals surface area contributed by atoms with Crippen LogP contribution in [0.25, 0.3) is 0 Å². The first-order valence-corrected chi connectivity index (χ1v) is 4.64. The van der Waals surface area contributed by atoms with E-state index in [1.807, 2.05) is 18.9 Å². The molecule has 1 aliphatic rings. The summed E-state index contributed by atoms with van der Waals surface area (Å²) in [6, 6.07) is 0. The molecule has 12 heavy (non-hydrogen) atoms. The van der Waals surface area contributed by atoms with Crippen molar-refractivity contribution < 1.29 is 4.39 Å². The molecule has 0 aliphatic heterocycles. The average Bonchev–Trinajstić information content (AvgIpc) is 2.76. The lowest BCUT2D eigenvalue weighted by atomic mass is 10.2. The van der Waals surface area contributed by atoms with Crippen LogP contribution < -0.4 is 0 Å². The van der Waals surface area contributed by atoms with E-state index in [0.717, 1.165) is 12.2 Å². The van der Waals surface area contributed by atoms with E-state index in [1.165, 1.54) is 0 Å². The summed E-state index contributed by atoms with van der Waals surface area (Å²) in [6.45, 7) is 8.79. The largest absolute Gasteiger partial charge is 0.378 e. The molecule has 0 bridgehead atoms. The minimum Gasteiger partial charge on any atom is -0.378 e. The van der Waals surface area contributed by atoms with Crippen molar-refractivity contribution in [2.75, 3.05) is 13.6 Å². The van der Waals surface area contributed by atoms with Gasteiger partial charge in [0.15, 0.2) is 0 Å². The standard InChI is InChI=1S/C10H18FN/c1-5-10(11)7-9(10)8(3)12(4)6-2/h9H,3,5-7H2,1-2,4H3. The fraction of sp³-hybridized carbons (Fsp3) is 0.800. The van der Waals surface area contributed by atoms with Gasteiger partial charge in [-0.05, 0) is 19.8 Å². The predicted molar refractivity (Wildman–Crippen MR) is 49.7 cm³/mol. The second kappa shape index (κ2) is 3.08. The minimum atomic E-state index is -0.930. The summed E-state index contributed by atoms with van der Waals surface area (Å²) < 4.78 is 13.6. The molecule has 2 heteroatoms. The van der Waals surface area contributed by atoms with Gasteiger partial charge in [0.2, 0.25) is 0 Å². The van der Waals surface area contributed by atoms with Crippen LogP contribution in [0, 0.1) is 5.92 Å². The first-order chi connectivity index (χ1) is 5.55. The van der Waals surface area contributed by atoms with Crippen molar-refractivity contribution in [2.45, 2.75) is 32.4 Å². The average molecular weight is 171 g/mol.